The van der Waals surface area contributed by atoms with Crippen LogP contribution in [0.3, 0.4) is 0 Å². The number of rotatable bonds is 11. The van der Waals surface area contributed by atoms with E-state index in [9.17, 15) is 9.59 Å². The molecule has 0 aliphatic carbocycles. The lowest BCUT2D eigenvalue weighted by molar-refractivity contribution is -0.134. The van der Waals surface area contributed by atoms with Crippen molar-refractivity contribution in [2.75, 3.05) is 6.54 Å². The highest BCUT2D eigenvalue weighted by molar-refractivity contribution is 5.79. The third kappa shape index (κ3) is 5.94. The van der Waals surface area contributed by atoms with Crippen LogP contribution >= 0.6 is 0 Å². The first-order valence-electron chi connectivity index (χ1n) is 12.8. The largest absolute Gasteiger partial charge is 0.332 e. The second-order valence-corrected chi connectivity index (χ2v) is 9.61. The molecule has 0 bridgehead atoms. The molecule has 1 amide bonds. The zero-order valence-corrected chi connectivity index (χ0v) is 21.4. The van der Waals surface area contributed by atoms with Gasteiger partial charge in [0.2, 0.25) is 5.91 Å². The predicted octanol–water partition coefficient (Wildman–Crippen LogP) is 6.60. The SMILES string of the molecule is CCCCCC(=O)N(CCC(C)C)C(CC)c1nc2ccccc2c(=O)n1-c1ccc(C)cc1. The van der Waals surface area contributed by atoms with Crippen molar-refractivity contribution < 1.29 is 4.79 Å². The van der Waals surface area contributed by atoms with Crippen molar-refractivity contribution in [1.82, 2.24) is 14.5 Å². The molecule has 1 aromatic heterocycles. The molecule has 2 aromatic carbocycles. The van der Waals surface area contributed by atoms with E-state index in [-0.39, 0.29) is 17.5 Å². The van der Waals surface area contributed by atoms with Crippen molar-refractivity contribution in [1.29, 1.82) is 0 Å². The first-order valence-corrected chi connectivity index (χ1v) is 12.8. The maximum absolute atomic E-state index is 13.7. The van der Waals surface area contributed by atoms with Crippen LogP contribution in [0.15, 0.2) is 53.3 Å². The van der Waals surface area contributed by atoms with Crippen LogP contribution in [-0.2, 0) is 4.79 Å². The van der Waals surface area contributed by atoms with Crippen LogP contribution in [0.1, 0.15) is 83.6 Å². The highest BCUT2D eigenvalue weighted by atomic mass is 16.2. The Kier molecular flexibility index (Phi) is 9.03. The van der Waals surface area contributed by atoms with Gasteiger partial charge in [0, 0.05) is 13.0 Å². The lowest BCUT2D eigenvalue weighted by Gasteiger charge is -2.33. The van der Waals surface area contributed by atoms with Crippen LogP contribution in [0.4, 0.5) is 0 Å². The summed E-state index contributed by atoms with van der Waals surface area (Å²) in [4.78, 5) is 34.2. The van der Waals surface area contributed by atoms with Crippen LogP contribution in [-0.4, -0.2) is 26.9 Å². The molecule has 0 radical (unpaired) electrons. The van der Waals surface area contributed by atoms with Crippen LogP contribution in [0.5, 0.6) is 0 Å². The van der Waals surface area contributed by atoms with E-state index in [0.29, 0.717) is 42.0 Å². The van der Waals surface area contributed by atoms with Gasteiger partial charge in [-0.3, -0.25) is 14.2 Å². The molecule has 0 N–H and O–H groups in total. The number of hydrogen-bond donors (Lipinski definition) is 0. The van der Waals surface area contributed by atoms with E-state index in [1.54, 1.807) is 4.57 Å². The fraction of sp³-hybridized carbons (Fsp3) is 0.483. The van der Waals surface area contributed by atoms with E-state index < -0.39 is 0 Å². The summed E-state index contributed by atoms with van der Waals surface area (Å²) in [5.41, 5.74) is 2.49. The van der Waals surface area contributed by atoms with Crippen molar-refractivity contribution in [3.8, 4) is 5.69 Å². The summed E-state index contributed by atoms with van der Waals surface area (Å²) in [6.45, 7) is 11.3. The molecule has 3 rings (SSSR count). The van der Waals surface area contributed by atoms with Crippen molar-refractivity contribution in [3.05, 3.63) is 70.3 Å². The van der Waals surface area contributed by atoms with Crippen LogP contribution in [0.2, 0.25) is 0 Å². The summed E-state index contributed by atoms with van der Waals surface area (Å²) < 4.78 is 1.72. The standard InChI is InChI=1S/C29H39N3O2/c1-6-8-9-14-27(33)31(20-19-21(3)4)26(7-2)28-30-25-13-11-10-12-24(25)29(34)32(28)23-17-15-22(5)16-18-23/h10-13,15-18,21,26H,6-9,14,19-20H2,1-5H3. The number of hydrogen-bond acceptors (Lipinski definition) is 3. The number of carbonyl (C=O) groups excluding carboxylic acids is 1. The van der Waals surface area contributed by atoms with Gasteiger partial charge < -0.3 is 4.90 Å². The van der Waals surface area contributed by atoms with Gasteiger partial charge in [-0.2, -0.15) is 0 Å². The number of nitrogens with zero attached hydrogens (tertiary/aromatic N) is 3. The number of aromatic nitrogens is 2. The lowest BCUT2D eigenvalue weighted by Crippen LogP contribution is -2.39. The number of aryl methyl sites for hydroxylation is 1. The number of carbonyl (C=O) groups is 1. The Morgan fingerprint density at radius 1 is 1.03 bits per heavy atom. The van der Waals surface area contributed by atoms with Crippen LogP contribution < -0.4 is 5.56 Å². The van der Waals surface area contributed by atoms with Crippen molar-refractivity contribution >= 4 is 16.8 Å². The van der Waals surface area contributed by atoms with E-state index in [1.807, 2.05) is 60.4 Å². The monoisotopic (exact) mass is 461 g/mol. The molecule has 34 heavy (non-hydrogen) atoms. The Balaban J connectivity index is 2.18. The Labute approximate surface area is 203 Å². The van der Waals surface area contributed by atoms with Crippen LogP contribution in [0.25, 0.3) is 16.6 Å². The number of benzene rings is 2. The van der Waals surface area contributed by atoms with Crippen LogP contribution in [0, 0.1) is 12.8 Å². The van der Waals surface area contributed by atoms with E-state index in [4.69, 9.17) is 4.98 Å². The van der Waals surface area contributed by atoms with Gasteiger partial charge >= 0.3 is 0 Å². The van der Waals surface area contributed by atoms with E-state index in [2.05, 4.69) is 27.7 Å². The maximum Gasteiger partial charge on any atom is 0.266 e. The summed E-state index contributed by atoms with van der Waals surface area (Å²) in [6, 6.07) is 15.2. The summed E-state index contributed by atoms with van der Waals surface area (Å²) in [6.07, 6.45) is 5.15. The quantitative estimate of drug-likeness (QED) is 0.302. The minimum Gasteiger partial charge on any atom is -0.332 e. The van der Waals surface area contributed by atoms with Gasteiger partial charge in [-0.05, 0) is 56.4 Å². The van der Waals surface area contributed by atoms with Crippen molar-refractivity contribution in [2.45, 2.75) is 79.2 Å². The molecule has 0 saturated carbocycles. The number of unbranched alkanes of at least 4 members (excludes halogenated alkanes) is 2. The third-order valence-electron chi connectivity index (χ3n) is 6.42. The predicted molar refractivity (Wildman–Crippen MR) is 140 cm³/mol. The maximum atomic E-state index is 13.7. The number of amides is 1. The van der Waals surface area contributed by atoms with Gasteiger partial charge in [0.15, 0.2) is 0 Å². The summed E-state index contributed by atoms with van der Waals surface area (Å²) >= 11 is 0. The zero-order valence-electron chi connectivity index (χ0n) is 21.4. The fourth-order valence-corrected chi connectivity index (χ4v) is 4.38. The molecule has 5 nitrogen and oxygen atoms in total. The normalized spacial score (nSPS) is 12.3. The molecule has 0 aliphatic rings. The van der Waals surface area contributed by atoms with E-state index >= 15 is 0 Å². The third-order valence-corrected chi connectivity index (χ3v) is 6.42. The lowest BCUT2D eigenvalue weighted by atomic mass is 10.1. The van der Waals surface area contributed by atoms with Gasteiger partial charge in [0.1, 0.15) is 5.82 Å². The van der Waals surface area contributed by atoms with Gasteiger partial charge in [-0.15, -0.1) is 0 Å². The molecular weight excluding hydrogens is 422 g/mol. The second-order valence-electron chi connectivity index (χ2n) is 9.61. The summed E-state index contributed by atoms with van der Waals surface area (Å²) in [5, 5.41) is 0.588. The fourth-order valence-electron chi connectivity index (χ4n) is 4.38. The molecule has 0 saturated heterocycles. The molecular formula is C29H39N3O2. The Morgan fingerprint density at radius 2 is 1.74 bits per heavy atom. The molecule has 3 aromatic rings. The van der Waals surface area contributed by atoms with Gasteiger partial charge in [-0.25, -0.2) is 4.98 Å². The number of para-hydroxylation sites is 1. The minimum atomic E-state index is -0.272. The van der Waals surface area contributed by atoms with Gasteiger partial charge in [-0.1, -0.05) is 70.4 Å². The average molecular weight is 462 g/mol. The highest BCUT2D eigenvalue weighted by Gasteiger charge is 2.28. The smallest absolute Gasteiger partial charge is 0.266 e. The molecule has 182 valence electrons. The highest BCUT2D eigenvalue weighted by Crippen LogP contribution is 2.28. The summed E-state index contributed by atoms with van der Waals surface area (Å²) in [7, 11) is 0. The van der Waals surface area contributed by atoms with E-state index in [0.717, 1.165) is 36.9 Å². The van der Waals surface area contributed by atoms with Crippen molar-refractivity contribution in [3.63, 3.8) is 0 Å². The molecule has 1 atom stereocenters. The van der Waals surface area contributed by atoms with Crippen molar-refractivity contribution in [2.24, 2.45) is 5.92 Å². The Morgan fingerprint density at radius 3 is 2.38 bits per heavy atom. The Hall–Kier alpha value is -2.95. The minimum absolute atomic E-state index is 0.0925. The first-order chi connectivity index (χ1) is 16.4. The molecule has 1 unspecified atom stereocenters. The van der Waals surface area contributed by atoms with E-state index in [1.165, 1.54) is 0 Å². The molecule has 0 aliphatic heterocycles. The molecule has 1 heterocycles. The Bertz CT molecular complexity index is 1150. The first kappa shape index (κ1) is 25.7. The average Bonchev–Trinajstić information content (AvgIpc) is 2.82. The molecule has 0 fully saturated rings. The topological polar surface area (TPSA) is 55.2 Å². The molecule has 5 heteroatoms. The molecule has 0 spiro atoms. The second kappa shape index (κ2) is 12.0. The number of fused-ring (bicyclic) bond motifs is 1. The van der Waals surface area contributed by atoms with Gasteiger partial charge in [0.05, 0.1) is 22.6 Å². The summed E-state index contributed by atoms with van der Waals surface area (Å²) in [5.74, 6) is 1.27. The van der Waals surface area contributed by atoms with Gasteiger partial charge in [0.25, 0.3) is 5.56 Å². The zero-order chi connectivity index (χ0) is 24.7.